The third-order valence-corrected chi connectivity index (χ3v) is 5.41. The van der Waals surface area contributed by atoms with Gasteiger partial charge in [0, 0.05) is 41.4 Å². The number of aliphatic imine (C=N–C) groups is 1. The number of halogens is 2. The predicted molar refractivity (Wildman–Crippen MR) is 103 cm³/mol. The van der Waals surface area contributed by atoms with Gasteiger partial charge in [-0.1, -0.05) is 12.1 Å². The van der Waals surface area contributed by atoms with Gasteiger partial charge in [0.25, 0.3) is 0 Å². The molecule has 0 saturated heterocycles. The maximum atomic E-state index is 12.2. The highest BCUT2D eigenvalue weighted by Gasteiger charge is 2.18. The Morgan fingerprint density at radius 1 is 1.31 bits per heavy atom. The highest BCUT2D eigenvalue weighted by atomic mass is 32.2. The molecular formula is C18H29F2N3O2S. The number of guanidine groups is 1. The lowest BCUT2D eigenvalue weighted by Gasteiger charge is -2.23. The standard InChI is InChI=1S/C18H29F2N3O2S/c1-6-21-17(22-11-12-26(24)18(2,3)4)23(5)13-14-7-9-15(10-8-14)25-16(19)20/h7-10,16H,6,11-13H2,1-5H3,(H,21,22). The highest BCUT2D eigenvalue weighted by molar-refractivity contribution is 7.86. The third-order valence-electron chi connectivity index (χ3n) is 3.49. The van der Waals surface area contributed by atoms with Crippen LogP contribution in [0.25, 0.3) is 0 Å². The van der Waals surface area contributed by atoms with E-state index in [1.54, 1.807) is 12.1 Å². The number of nitrogens with one attached hydrogen (secondary N) is 1. The molecule has 0 bridgehead atoms. The number of ether oxygens (including phenoxy) is 1. The van der Waals surface area contributed by atoms with Crippen LogP contribution in [-0.2, 0) is 17.3 Å². The second-order valence-corrected chi connectivity index (χ2v) is 9.10. The topological polar surface area (TPSA) is 53.9 Å². The van der Waals surface area contributed by atoms with E-state index in [0.717, 1.165) is 5.56 Å². The van der Waals surface area contributed by atoms with Crippen molar-refractivity contribution < 1.29 is 17.7 Å². The van der Waals surface area contributed by atoms with Crippen LogP contribution in [0.4, 0.5) is 8.78 Å². The van der Waals surface area contributed by atoms with Gasteiger partial charge < -0.3 is 15.0 Å². The first-order valence-corrected chi connectivity index (χ1v) is 9.87. The summed E-state index contributed by atoms with van der Waals surface area (Å²) >= 11 is 0. The summed E-state index contributed by atoms with van der Waals surface area (Å²) in [5.41, 5.74) is 0.943. The number of hydrogen-bond donors (Lipinski definition) is 1. The molecule has 1 aromatic carbocycles. The predicted octanol–water partition coefficient (Wildman–Crippen LogP) is 3.23. The van der Waals surface area contributed by atoms with Crippen LogP contribution in [0.3, 0.4) is 0 Å². The van der Waals surface area contributed by atoms with Gasteiger partial charge in [-0.3, -0.25) is 9.20 Å². The van der Waals surface area contributed by atoms with E-state index in [0.29, 0.717) is 31.3 Å². The van der Waals surface area contributed by atoms with E-state index in [2.05, 4.69) is 15.0 Å². The molecule has 8 heteroatoms. The number of benzene rings is 1. The van der Waals surface area contributed by atoms with E-state index in [1.807, 2.05) is 39.6 Å². The van der Waals surface area contributed by atoms with Crippen LogP contribution in [0, 0.1) is 0 Å². The van der Waals surface area contributed by atoms with E-state index in [1.165, 1.54) is 12.1 Å². The monoisotopic (exact) mass is 389 g/mol. The van der Waals surface area contributed by atoms with Crippen molar-refractivity contribution in [2.24, 2.45) is 4.99 Å². The molecule has 5 nitrogen and oxygen atoms in total. The van der Waals surface area contributed by atoms with Crippen LogP contribution >= 0.6 is 0 Å². The Kier molecular flexibility index (Phi) is 8.98. The third kappa shape index (κ3) is 8.12. The summed E-state index contributed by atoms with van der Waals surface area (Å²) in [7, 11) is 0.950. The number of nitrogens with zero attached hydrogens (tertiary/aromatic N) is 2. The fraction of sp³-hybridized carbons (Fsp3) is 0.611. The van der Waals surface area contributed by atoms with Crippen molar-refractivity contribution in [3.63, 3.8) is 0 Å². The molecule has 0 saturated carbocycles. The second-order valence-electron chi connectivity index (χ2n) is 6.78. The van der Waals surface area contributed by atoms with Gasteiger partial charge in [0.05, 0.1) is 6.54 Å². The molecule has 0 aliphatic carbocycles. The number of hydrogen-bond acceptors (Lipinski definition) is 3. The molecule has 1 aromatic rings. The Morgan fingerprint density at radius 3 is 2.42 bits per heavy atom. The van der Waals surface area contributed by atoms with Crippen molar-refractivity contribution >= 4 is 16.8 Å². The largest absolute Gasteiger partial charge is 0.435 e. The van der Waals surface area contributed by atoms with Crippen LogP contribution < -0.4 is 10.1 Å². The molecule has 0 amide bonds. The van der Waals surface area contributed by atoms with Crippen LogP contribution in [0.5, 0.6) is 5.75 Å². The SMILES string of the molecule is CCNC(=NCCS(=O)C(C)(C)C)N(C)Cc1ccc(OC(F)F)cc1. The fourth-order valence-electron chi connectivity index (χ4n) is 2.14. The normalized spacial score (nSPS) is 13.6. The minimum Gasteiger partial charge on any atom is -0.435 e. The average Bonchev–Trinajstić information content (AvgIpc) is 2.54. The minimum absolute atomic E-state index is 0.136. The second kappa shape index (κ2) is 10.4. The zero-order chi connectivity index (χ0) is 19.7. The van der Waals surface area contributed by atoms with Gasteiger partial charge in [-0.25, -0.2) is 0 Å². The minimum atomic E-state index is -2.82. The molecule has 0 aromatic heterocycles. The summed E-state index contributed by atoms with van der Waals surface area (Å²) in [4.78, 5) is 6.47. The molecule has 1 unspecified atom stereocenters. The first-order chi connectivity index (χ1) is 12.1. The summed E-state index contributed by atoms with van der Waals surface area (Å²) in [5.74, 6) is 1.36. The molecule has 0 aliphatic rings. The zero-order valence-corrected chi connectivity index (χ0v) is 16.9. The molecule has 0 heterocycles. The highest BCUT2D eigenvalue weighted by Crippen LogP contribution is 2.16. The molecule has 1 N–H and O–H groups in total. The van der Waals surface area contributed by atoms with E-state index >= 15 is 0 Å². The van der Waals surface area contributed by atoms with E-state index in [-0.39, 0.29) is 10.5 Å². The molecule has 26 heavy (non-hydrogen) atoms. The van der Waals surface area contributed by atoms with E-state index in [9.17, 15) is 13.0 Å². The lowest BCUT2D eigenvalue weighted by Crippen LogP contribution is -2.39. The van der Waals surface area contributed by atoms with Gasteiger partial charge >= 0.3 is 6.61 Å². The Hall–Kier alpha value is -1.70. The van der Waals surface area contributed by atoms with Crippen molar-refractivity contribution in [3.8, 4) is 5.75 Å². The van der Waals surface area contributed by atoms with Gasteiger partial charge in [-0.2, -0.15) is 8.78 Å². The number of rotatable bonds is 8. The Bertz CT molecular complexity index is 601. The van der Waals surface area contributed by atoms with Crippen molar-refractivity contribution in [2.45, 2.75) is 45.6 Å². The Labute approximate surface area is 157 Å². The van der Waals surface area contributed by atoms with Crippen molar-refractivity contribution in [3.05, 3.63) is 29.8 Å². The molecule has 0 spiro atoms. The summed E-state index contributed by atoms with van der Waals surface area (Å²) in [6, 6.07) is 6.52. The van der Waals surface area contributed by atoms with Gasteiger partial charge in [0.15, 0.2) is 5.96 Å². The van der Waals surface area contributed by atoms with E-state index < -0.39 is 17.4 Å². The first kappa shape index (κ1) is 22.3. The van der Waals surface area contributed by atoms with Crippen LogP contribution in [-0.4, -0.2) is 52.3 Å². The average molecular weight is 390 g/mol. The van der Waals surface area contributed by atoms with Gasteiger partial charge in [0.2, 0.25) is 0 Å². The molecule has 0 fully saturated rings. The van der Waals surface area contributed by atoms with Gasteiger partial charge in [-0.05, 0) is 45.4 Å². The Balaban J connectivity index is 2.68. The summed E-state index contributed by atoms with van der Waals surface area (Å²) in [6.45, 7) is 6.75. The van der Waals surface area contributed by atoms with Crippen LogP contribution in [0.1, 0.15) is 33.3 Å². The van der Waals surface area contributed by atoms with Crippen molar-refractivity contribution in [1.82, 2.24) is 10.2 Å². The Morgan fingerprint density at radius 2 is 1.92 bits per heavy atom. The van der Waals surface area contributed by atoms with Gasteiger partial charge in [-0.15, -0.1) is 0 Å². The van der Waals surface area contributed by atoms with Crippen molar-refractivity contribution in [2.75, 3.05) is 25.9 Å². The van der Waals surface area contributed by atoms with Crippen molar-refractivity contribution in [1.29, 1.82) is 0 Å². The zero-order valence-electron chi connectivity index (χ0n) is 16.1. The first-order valence-electron chi connectivity index (χ1n) is 8.55. The molecular weight excluding hydrogens is 360 g/mol. The number of alkyl halides is 2. The molecule has 1 atom stereocenters. The van der Waals surface area contributed by atoms with Gasteiger partial charge in [0.1, 0.15) is 5.75 Å². The fourth-order valence-corrected chi connectivity index (χ4v) is 3.00. The lowest BCUT2D eigenvalue weighted by atomic mass is 10.2. The maximum Gasteiger partial charge on any atom is 0.387 e. The quantitative estimate of drug-likeness (QED) is 0.548. The molecule has 148 valence electrons. The summed E-state index contributed by atoms with van der Waals surface area (Å²) < 4.78 is 40.6. The molecule has 0 aliphatic heterocycles. The van der Waals surface area contributed by atoms with E-state index in [4.69, 9.17) is 0 Å². The summed E-state index contributed by atoms with van der Waals surface area (Å²) in [6.07, 6.45) is 0. The van der Waals surface area contributed by atoms with Crippen LogP contribution in [0.15, 0.2) is 29.3 Å². The van der Waals surface area contributed by atoms with Crippen LogP contribution in [0.2, 0.25) is 0 Å². The maximum absolute atomic E-state index is 12.2. The lowest BCUT2D eigenvalue weighted by molar-refractivity contribution is -0.0498. The summed E-state index contributed by atoms with van der Waals surface area (Å²) in [5, 5.41) is 3.21. The molecule has 1 rings (SSSR count). The smallest absolute Gasteiger partial charge is 0.387 e. The molecule has 0 radical (unpaired) electrons.